The molecule has 102 valence electrons. The van der Waals surface area contributed by atoms with E-state index in [-0.39, 0.29) is 6.61 Å². The predicted molar refractivity (Wildman–Crippen MR) is 76.6 cm³/mol. The Morgan fingerprint density at radius 2 is 2.06 bits per heavy atom. The second-order valence-corrected chi connectivity index (χ2v) is 4.96. The Hall–Kier alpha value is -0.870. The average Bonchev–Trinajstić information content (AvgIpc) is 2.41. The Labute approximate surface area is 113 Å². The standard InChI is InChI=1S/C14H22O3S/c1-3-7-16-13-6-5-12(11-15)14(10-13)17-8-4-9-18-2/h5-6,10,15H,3-4,7-9,11H2,1-2H3. The van der Waals surface area contributed by atoms with E-state index < -0.39 is 0 Å². The molecule has 1 N–H and O–H groups in total. The Bertz CT molecular complexity index is 342. The molecule has 0 amide bonds. The zero-order chi connectivity index (χ0) is 13.2. The highest BCUT2D eigenvalue weighted by Crippen LogP contribution is 2.25. The third-order valence-electron chi connectivity index (χ3n) is 2.43. The molecule has 0 atom stereocenters. The van der Waals surface area contributed by atoms with Gasteiger partial charge >= 0.3 is 0 Å². The van der Waals surface area contributed by atoms with Crippen molar-refractivity contribution in [1.82, 2.24) is 0 Å². The summed E-state index contributed by atoms with van der Waals surface area (Å²) in [5.41, 5.74) is 0.808. The van der Waals surface area contributed by atoms with Gasteiger partial charge in [0.2, 0.25) is 0 Å². The van der Waals surface area contributed by atoms with Crippen LogP contribution in [0.1, 0.15) is 25.3 Å². The summed E-state index contributed by atoms with van der Waals surface area (Å²) >= 11 is 1.81. The summed E-state index contributed by atoms with van der Waals surface area (Å²) in [6.07, 6.45) is 4.07. The molecule has 0 spiro atoms. The van der Waals surface area contributed by atoms with E-state index >= 15 is 0 Å². The van der Waals surface area contributed by atoms with Crippen molar-refractivity contribution in [3.63, 3.8) is 0 Å². The number of aliphatic hydroxyl groups is 1. The first-order valence-corrected chi connectivity index (χ1v) is 7.69. The SMILES string of the molecule is CCCOc1ccc(CO)c(OCCCSC)c1. The average molecular weight is 270 g/mol. The van der Waals surface area contributed by atoms with Crippen LogP contribution < -0.4 is 9.47 Å². The number of ether oxygens (including phenoxy) is 2. The molecule has 4 heteroatoms. The normalized spacial score (nSPS) is 10.4. The third-order valence-corrected chi connectivity index (χ3v) is 3.13. The van der Waals surface area contributed by atoms with Crippen LogP contribution in [0, 0.1) is 0 Å². The Kier molecular flexibility index (Phi) is 7.69. The monoisotopic (exact) mass is 270 g/mol. The molecule has 0 aliphatic heterocycles. The molecule has 1 rings (SSSR count). The number of rotatable bonds is 9. The highest BCUT2D eigenvalue weighted by Gasteiger charge is 2.05. The van der Waals surface area contributed by atoms with Gasteiger partial charge in [0.1, 0.15) is 11.5 Å². The van der Waals surface area contributed by atoms with Crippen molar-refractivity contribution in [2.24, 2.45) is 0 Å². The summed E-state index contributed by atoms with van der Waals surface area (Å²) in [6, 6.07) is 5.59. The Balaban J connectivity index is 2.60. The fraction of sp³-hybridized carbons (Fsp3) is 0.571. The van der Waals surface area contributed by atoms with E-state index in [1.54, 1.807) is 11.8 Å². The van der Waals surface area contributed by atoms with Crippen molar-refractivity contribution in [2.45, 2.75) is 26.4 Å². The van der Waals surface area contributed by atoms with Crippen molar-refractivity contribution >= 4 is 11.8 Å². The largest absolute Gasteiger partial charge is 0.493 e. The van der Waals surface area contributed by atoms with Crippen LogP contribution in [0.3, 0.4) is 0 Å². The van der Waals surface area contributed by atoms with E-state index in [0.29, 0.717) is 13.2 Å². The maximum atomic E-state index is 9.26. The lowest BCUT2D eigenvalue weighted by molar-refractivity contribution is 0.260. The molecule has 3 nitrogen and oxygen atoms in total. The molecule has 0 heterocycles. The van der Waals surface area contributed by atoms with Crippen LogP contribution in [0.4, 0.5) is 0 Å². The molecular weight excluding hydrogens is 248 g/mol. The molecule has 1 aromatic rings. The second kappa shape index (κ2) is 9.11. The van der Waals surface area contributed by atoms with Crippen LogP contribution in [0.5, 0.6) is 11.5 Å². The number of benzene rings is 1. The van der Waals surface area contributed by atoms with Crippen molar-refractivity contribution < 1.29 is 14.6 Å². The van der Waals surface area contributed by atoms with E-state index in [0.717, 1.165) is 35.7 Å². The van der Waals surface area contributed by atoms with Crippen molar-refractivity contribution in [3.05, 3.63) is 23.8 Å². The van der Waals surface area contributed by atoms with Gasteiger partial charge in [-0.05, 0) is 37.0 Å². The first-order valence-electron chi connectivity index (χ1n) is 6.30. The number of aliphatic hydroxyl groups excluding tert-OH is 1. The quantitative estimate of drug-likeness (QED) is 0.700. The van der Waals surface area contributed by atoms with E-state index in [9.17, 15) is 5.11 Å². The van der Waals surface area contributed by atoms with Gasteiger partial charge in [-0.25, -0.2) is 0 Å². The van der Waals surface area contributed by atoms with Crippen LogP contribution in [-0.4, -0.2) is 30.3 Å². The molecule has 0 aliphatic rings. The van der Waals surface area contributed by atoms with Gasteiger partial charge in [-0.2, -0.15) is 11.8 Å². The molecule has 0 aromatic heterocycles. The summed E-state index contributed by atoms with van der Waals surface area (Å²) < 4.78 is 11.3. The van der Waals surface area contributed by atoms with Crippen molar-refractivity contribution in [1.29, 1.82) is 0 Å². The van der Waals surface area contributed by atoms with Gasteiger partial charge in [-0.3, -0.25) is 0 Å². The van der Waals surface area contributed by atoms with Crippen LogP contribution in [0.15, 0.2) is 18.2 Å². The minimum absolute atomic E-state index is 0.00802. The molecular formula is C14H22O3S. The minimum Gasteiger partial charge on any atom is -0.493 e. The smallest absolute Gasteiger partial charge is 0.128 e. The maximum Gasteiger partial charge on any atom is 0.128 e. The van der Waals surface area contributed by atoms with Gasteiger partial charge in [-0.15, -0.1) is 0 Å². The summed E-state index contributed by atoms with van der Waals surface area (Å²) in [7, 11) is 0. The van der Waals surface area contributed by atoms with Crippen LogP contribution in [0.25, 0.3) is 0 Å². The lowest BCUT2D eigenvalue weighted by atomic mass is 10.2. The van der Waals surface area contributed by atoms with Gasteiger partial charge in [0.05, 0.1) is 19.8 Å². The van der Waals surface area contributed by atoms with Gasteiger partial charge in [0.25, 0.3) is 0 Å². The lowest BCUT2D eigenvalue weighted by Crippen LogP contribution is -2.02. The zero-order valence-electron chi connectivity index (χ0n) is 11.1. The maximum absolute atomic E-state index is 9.26. The summed E-state index contributed by atoms with van der Waals surface area (Å²) in [5, 5.41) is 9.26. The molecule has 0 saturated heterocycles. The number of hydrogen-bond acceptors (Lipinski definition) is 4. The summed E-state index contributed by atoms with van der Waals surface area (Å²) in [4.78, 5) is 0. The molecule has 0 aliphatic carbocycles. The highest BCUT2D eigenvalue weighted by molar-refractivity contribution is 7.98. The van der Waals surface area contributed by atoms with Crippen molar-refractivity contribution in [3.8, 4) is 11.5 Å². The van der Waals surface area contributed by atoms with Crippen LogP contribution in [0.2, 0.25) is 0 Å². The Morgan fingerprint density at radius 1 is 1.22 bits per heavy atom. The van der Waals surface area contributed by atoms with Gasteiger partial charge in [-0.1, -0.05) is 6.92 Å². The molecule has 0 bridgehead atoms. The first kappa shape index (κ1) is 15.2. The lowest BCUT2D eigenvalue weighted by Gasteiger charge is -2.12. The van der Waals surface area contributed by atoms with Gasteiger partial charge < -0.3 is 14.6 Å². The fourth-order valence-electron chi connectivity index (χ4n) is 1.49. The van der Waals surface area contributed by atoms with E-state index in [4.69, 9.17) is 9.47 Å². The van der Waals surface area contributed by atoms with Gasteiger partial charge in [0.15, 0.2) is 0 Å². The molecule has 1 aromatic carbocycles. The number of hydrogen-bond donors (Lipinski definition) is 1. The predicted octanol–water partition coefficient (Wildman–Crippen LogP) is 3.10. The minimum atomic E-state index is -0.00802. The highest BCUT2D eigenvalue weighted by atomic mass is 32.2. The van der Waals surface area contributed by atoms with Crippen LogP contribution in [-0.2, 0) is 6.61 Å². The van der Waals surface area contributed by atoms with E-state index in [2.05, 4.69) is 13.2 Å². The summed E-state index contributed by atoms with van der Waals surface area (Å²) in [6.45, 7) is 3.43. The first-order chi connectivity index (χ1) is 8.81. The Morgan fingerprint density at radius 3 is 2.72 bits per heavy atom. The molecule has 0 unspecified atom stereocenters. The molecule has 0 fully saturated rings. The van der Waals surface area contributed by atoms with Crippen LogP contribution >= 0.6 is 11.8 Å². The molecule has 0 saturated carbocycles. The van der Waals surface area contributed by atoms with E-state index in [1.807, 2.05) is 18.2 Å². The molecule has 18 heavy (non-hydrogen) atoms. The molecule has 0 radical (unpaired) electrons. The summed E-state index contributed by atoms with van der Waals surface area (Å²) in [5.74, 6) is 2.61. The number of thioether (sulfide) groups is 1. The zero-order valence-corrected chi connectivity index (χ0v) is 12.0. The van der Waals surface area contributed by atoms with Gasteiger partial charge in [0, 0.05) is 11.6 Å². The fourth-order valence-corrected chi connectivity index (χ4v) is 1.90. The second-order valence-electron chi connectivity index (χ2n) is 3.97. The topological polar surface area (TPSA) is 38.7 Å². The third kappa shape index (κ3) is 5.19. The van der Waals surface area contributed by atoms with Crippen molar-refractivity contribution in [2.75, 3.05) is 25.2 Å². The van der Waals surface area contributed by atoms with E-state index in [1.165, 1.54) is 0 Å².